The second-order valence-electron chi connectivity index (χ2n) is 4.29. The zero-order valence-electron chi connectivity index (χ0n) is 7.29. The van der Waals surface area contributed by atoms with Crippen LogP contribution in [0.4, 0.5) is 8.78 Å². The fourth-order valence-corrected chi connectivity index (χ4v) is 2.74. The molecule has 2 unspecified atom stereocenters. The molecule has 0 radical (unpaired) electrons. The average molecular weight is 192 g/mol. The lowest BCUT2D eigenvalue weighted by Gasteiger charge is -2.35. The molecule has 0 saturated heterocycles. The van der Waals surface area contributed by atoms with Crippen LogP contribution in [0.1, 0.15) is 25.7 Å². The largest absolute Gasteiger partial charge is 0.368 e. The van der Waals surface area contributed by atoms with Crippen LogP contribution in [0.5, 0.6) is 0 Å². The molecule has 2 aliphatic carbocycles. The number of hydrogen-bond acceptors (Lipinski definition) is 2. The number of hydrogen-bond donors (Lipinski definition) is 2. The summed E-state index contributed by atoms with van der Waals surface area (Å²) in [5.74, 6) is -4.11. The van der Waals surface area contributed by atoms with Gasteiger partial charge in [0, 0.05) is 17.8 Å². The monoisotopic (exact) mass is 192 g/mol. The summed E-state index contributed by atoms with van der Waals surface area (Å²) in [5.41, 5.74) is 0. The Morgan fingerprint density at radius 1 is 1.08 bits per heavy atom. The zero-order chi connectivity index (χ0) is 9.64. The Kier molecular flexibility index (Phi) is 2.07. The second kappa shape index (κ2) is 2.89. The van der Waals surface area contributed by atoms with Crippen LogP contribution in [0.2, 0.25) is 0 Å². The Hall–Kier alpha value is -0.220. The molecule has 4 heteroatoms. The third-order valence-corrected chi connectivity index (χ3v) is 3.55. The van der Waals surface area contributed by atoms with Crippen molar-refractivity contribution >= 4 is 0 Å². The number of alkyl halides is 2. The van der Waals surface area contributed by atoms with E-state index in [9.17, 15) is 8.78 Å². The topological polar surface area (TPSA) is 40.5 Å². The van der Waals surface area contributed by atoms with Gasteiger partial charge in [-0.25, -0.2) is 8.78 Å². The molecule has 2 rings (SSSR count). The molecule has 0 spiro atoms. The molecule has 2 fully saturated rings. The van der Waals surface area contributed by atoms with Gasteiger partial charge in [-0.3, -0.25) is 0 Å². The summed E-state index contributed by atoms with van der Waals surface area (Å²) in [6.45, 7) is 0. The first-order valence-electron chi connectivity index (χ1n) is 4.75. The van der Waals surface area contributed by atoms with Crippen LogP contribution in [0.15, 0.2) is 0 Å². The van der Waals surface area contributed by atoms with Crippen LogP contribution >= 0.6 is 0 Å². The van der Waals surface area contributed by atoms with Crippen molar-refractivity contribution in [3.05, 3.63) is 0 Å². The van der Waals surface area contributed by atoms with E-state index in [1.807, 2.05) is 0 Å². The summed E-state index contributed by atoms with van der Waals surface area (Å²) in [6.07, 6.45) is 0.198. The van der Waals surface area contributed by atoms with Crippen LogP contribution in [0, 0.1) is 17.8 Å². The van der Waals surface area contributed by atoms with E-state index in [4.69, 9.17) is 10.2 Å². The maximum absolute atomic E-state index is 13.3. The van der Waals surface area contributed by atoms with Crippen LogP contribution < -0.4 is 0 Å². The molecule has 2 N–H and O–H groups in total. The van der Waals surface area contributed by atoms with Crippen LogP contribution in [0.3, 0.4) is 0 Å². The van der Waals surface area contributed by atoms with Crippen molar-refractivity contribution in [1.29, 1.82) is 0 Å². The van der Waals surface area contributed by atoms with E-state index in [1.54, 1.807) is 0 Å². The van der Waals surface area contributed by atoms with Crippen molar-refractivity contribution in [2.75, 3.05) is 0 Å². The third-order valence-electron chi connectivity index (χ3n) is 3.55. The van der Waals surface area contributed by atoms with E-state index in [0.29, 0.717) is 12.8 Å². The van der Waals surface area contributed by atoms with E-state index in [-0.39, 0.29) is 18.8 Å². The summed E-state index contributed by atoms with van der Waals surface area (Å²) in [6, 6.07) is 0. The van der Waals surface area contributed by atoms with Crippen molar-refractivity contribution in [2.45, 2.75) is 37.9 Å². The summed E-state index contributed by atoms with van der Waals surface area (Å²) in [4.78, 5) is 0. The normalized spacial score (nSPS) is 42.7. The highest BCUT2D eigenvalue weighted by molar-refractivity contribution is 4.98. The molecule has 0 aliphatic heterocycles. The Balaban J connectivity index is 2.11. The van der Waals surface area contributed by atoms with E-state index in [1.165, 1.54) is 0 Å². The van der Waals surface area contributed by atoms with Gasteiger partial charge in [0.15, 0.2) is 6.29 Å². The van der Waals surface area contributed by atoms with Gasteiger partial charge in [-0.1, -0.05) is 0 Å². The van der Waals surface area contributed by atoms with Crippen LogP contribution in [0.25, 0.3) is 0 Å². The van der Waals surface area contributed by atoms with Crippen molar-refractivity contribution in [1.82, 2.24) is 0 Å². The fraction of sp³-hybridized carbons (Fsp3) is 1.00. The first-order chi connectivity index (χ1) is 6.01. The van der Waals surface area contributed by atoms with E-state index in [2.05, 4.69) is 0 Å². The van der Waals surface area contributed by atoms with Gasteiger partial charge in [0.1, 0.15) is 0 Å². The molecule has 0 amide bonds. The van der Waals surface area contributed by atoms with Gasteiger partial charge in [-0.2, -0.15) is 0 Å². The summed E-state index contributed by atoms with van der Waals surface area (Å²) < 4.78 is 26.7. The Labute approximate surface area is 75.6 Å². The standard InChI is InChI=1S/C9H14F2O2/c10-9(11)6-1-2-7(9)4-5(3-6)8(12)13/h5-8,12-13H,1-4H2. The van der Waals surface area contributed by atoms with E-state index in [0.717, 1.165) is 0 Å². The minimum atomic E-state index is -2.55. The molecule has 0 aromatic carbocycles. The number of rotatable bonds is 1. The van der Waals surface area contributed by atoms with Crippen LogP contribution in [-0.2, 0) is 0 Å². The molecule has 2 bridgehead atoms. The molecular formula is C9H14F2O2. The predicted molar refractivity (Wildman–Crippen MR) is 42.1 cm³/mol. The van der Waals surface area contributed by atoms with Crippen molar-refractivity contribution in [3.63, 3.8) is 0 Å². The van der Waals surface area contributed by atoms with E-state index < -0.39 is 24.0 Å². The molecular weight excluding hydrogens is 178 g/mol. The minimum Gasteiger partial charge on any atom is -0.368 e. The van der Waals surface area contributed by atoms with Crippen molar-refractivity contribution < 1.29 is 19.0 Å². The van der Waals surface area contributed by atoms with Gasteiger partial charge in [0.05, 0.1) is 0 Å². The molecule has 2 atom stereocenters. The van der Waals surface area contributed by atoms with Gasteiger partial charge in [-0.05, 0) is 25.7 Å². The van der Waals surface area contributed by atoms with E-state index >= 15 is 0 Å². The van der Waals surface area contributed by atoms with Gasteiger partial charge in [0.25, 0.3) is 5.92 Å². The van der Waals surface area contributed by atoms with Gasteiger partial charge >= 0.3 is 0 Å². The zero-order valence-corrected chi connectivity index (χ0v) is 7.29. The van der Waals surface area contributed by atoms with Gasteiger partial charge in [-0.15, -0.1) is 0 Å². The molecule has 13 heavy (non-hydrogen) atoms. The lowest BCUT2D eigenvalue weighted by atomic mass is 9.78. The molecule has 76 valence electrons. The fourth-order valence-electron chi connectivity index (χ4n) is 2.74. The maximum atomic E-state index is 13.3. The summed E-state index contributed by atoms with van der Waals surface area (Å²) >= 11 is 0. The molecule has 2 saturated carbocycles. The first-order valence-corrected chi connectivity index (χ1v) is 4.75. The lowest BCUT2D eigenvalue weighted by molar-refractivity contribution is -0.158. The molecule has 0 aromatic heterocycles. The highest BCUT2D eigenvalue weighted by atomic mass is 19.3. The van der Waals surface area contributed by atoms with Crippen molar-refractivity contribution in [2.24, 2.45) is 17.8 Å². The molecule has 2 aliphatic rings. The smallest absolute Gasteiger partial charge is 0.253 e. The number of fused-ring (bicyclic) bond motifs is 2. The van der Waals surface area contributed by atoms with Crippen molar-refractivity contribution in [3.8, 4) is 0 Å². The van der Waals surface area contributed by atoms with Gasteiger partial charge < -0.3 is 10.2 Å². The molecule has 2 nitrogen and oxygen atoms in total. The Morgan fingerprint density at radius 3 is 1.92 bits per heavy atom. The molecule has 0 heterocycles. The van der Waals surface area contributed by atoms with Gasteiger partial charge in [0.2, 0.25) is 0 Å². The highest BCUT2D eigenvalue weighted by Gasteiger charge is 2.56. The number of halogens is 2. The second-order valence-corrected chi connectivity index (χ2v) is 4.29. The summed E-state index contributed by atoms with van der Waals surface area (Å²) in [5, 5.41) is 17.8. The Morgan fingerprint density at radius 2 is 1.54 bits per heavy atom. The lowest BCUT2D eigenvalue weighted by Crippen LogP contribution is -2.40. The SMILES string of the molecule is OC(O)C1CC2CCC(C1)C2(F)F. The maximum Gasteiger partial charge on any atom is 0.253 e. The average Bonchev–Trinajstić information content (AvgIpc) is 2.24. The quantitative estimate of drug-likeness (QED) is 0.616. The summed E-state index contributed by atoms with van der Waals surface area (Å²) in [7, 11) is 0. The highest BCUT2D eigenvalue weighted by Crippen LogP contribution is 2.54. The molecule has 0 aromatic rings. The Bertz CT molecular complexity index is 190. The van der Waals surface area contributed by atoms with Crippen LogP contribution in [-0.4, -0.2) is 22.4 Å². The third kappa shape index (κ3) is 1.36. The minimum absolute atomic E-state index is 0.265. The first kappa shape index (κ1) is 9.34. The predicted octanol–water partition coefficient (Wildman–Crippen LogP) is 1.37. The number of aliphatic hydroxyl groups is 2. The number of aliphatic hydroxyl groups excluding tert-OH is 1.